The molecule has 0 bridgehead atoms. The van der Waals surface area contributed by atoms with Crippen molar-refractivity contribution >= 4 is 34.7 Å². The number of halogens is 1. The van der Waals surface area contributed by atoms with Crippen molar-refractivity contribution in [3.63, 3.8) is 0 Å². The molecular weight excluding hydrogens is 424 g/mol. The van der Waals surface area contributed by atoms with E-state index in [1.807, 2.05) is 0 Å². The van der Waals surface area contributed by atoms with Crippen LogP contribution in [-0.2, 0) is 16.1 Å². The van der Waals surface area contributed by atoms with Gasteiger partial charge in [-0.1, -0.05) is 11.6 Å². The number of nitro groups is 1. The first-order valence-corrected chi connectivity index (χ1v) is 9.55. The number of carbonyl (C=O) groups is 2. The number of benzene rings is 2. The third kappa shape index (κ3) is 3.80. The normalized spacial score (nSPS) is 17.8. The number of nitro benzene ring substituents is 1. The molecular formula is C22H15ClN2O6. The van der Waals surface area contributed by atoms with Crippen molar-refractivity contribution in [3.05, 3.63) is 105 Å². The first-order chi connectivity index (χ1) is 14.9. The SMILES string of the molecule is O=C1C(=O)N(Cc2ccco2)[C@H](c2ccc([N+](=O)[O-])cc2)/C1=C(\O)c1ccc(Cl)cc1. The molecule has 0 radical (unpaired) electrons. The first-order valence-electron chi connectivity index (χ1n) is 9.18. The third-order valence-electron chi connectivity index (χ3n) is 4.98. The molecule has 1 amide bonds. The van der Waals surface area contributed by atoms with Gasteiger partial charge in [0, 0.05) is 22.7 Å². The number of non-ortho nitro benzene ring substituents is 1. The molecule has 9 heteroatoms. The van der Waals surface area contributed by atoms with Gasteiger partial charge in [0.05, 0.1) is 29.3 Å². The predicted octanol–water partition coefficient (Wildman–Crippen LogP) is 4.46. The van der Waals surface area contributed by atoms with Crippen LogP contribution in [0.3, 0.4) is 0 Å². The second-order valence-electron chi connectivity index (χ2n) is 6.86. The summed E-state index contributed by atoms with van der Waals surface area (Å²) in [6.45, 7) is -0.0172. The number of amides is 1. The molecule has 1 atom stereocenters. The topological polar surface area (TPSA) is 114 Å². The van der Waals surface area contributed by atoms with Crippen LogP contribution in [0.25, 0.3) is 5.76 Å². The Bertz CT molecular complexity index is 1180. The fourth-order valence-corrected chi connectivity index (χ4v) is 3.63. The highest BCUT2D eigenvalue weighted by Gasteiger charge is 2.46. The van der Waals surface area contributed by atoms with Crippen LogP contribution in [0.2, 0.25) is 5.02 Å². The number of aliphatic hydroxyl groups is 1. The summed E-state index contributed by atoms with van der Waals surface area (Å²) in [6, 6.07) is 14.0. The molecule has 3 aromatic rings. The summed E-state index contributed by atoms with van der Waals surface area (Å²) in [7, 11) is 0. The standard InChI is InChI=1S/C22H15ClN2O6/c23-15-7-3-14(4-8-15)20(26)18-19(13-5-9-16(10-6-13)25(29)30)24(22(28)21(18)27)12-17-2-1-11-31-17/h1-11,19,26H,12H2/b20-18+/t19-/m1/s1. The third-order valence-corrected chi connectivity index (χ3v) is 5.24. The lowest BCUT2D eigenvalue weighted by Gasteiger charge is -2.24. The number of hydrogen-bond donors (Lipinski definition) is 1. The van der Waals surface area contributed by atoms with Gasteiger partial charge in [0.25, 0.3) is 17.4 Å². The number of carbonyl (C=O) groups excluding carboxylic acids is 2. The molecule has 1 aliphatic rings. The number of Topliss-reactive ketones (excluding diaryl/α,β-unsaturated/α-hetero) is 1. The Balaban J connectivity index is 1.85. The van der Waals surface area contributed by atoms with Crippen LogP contribution in [0, 0.1) is 10.1 Å². The van der Waals surface area contributed by atoms with E-state index in [4.69, 9.17) is 16.0 Å². The average molecular weight is 439 g/mol. The van der Waals surface area contributed by atoms with E-state index in [2.05, 4.69) is 0 Å². The number of likely N-dealkylation sites (tertiary alicyclic amines) is 1. The van der Waals surface area contributed by atoms with Crippen molar-refractivity contribution in [1.82, 2.24) is 4.90 Å². The Kier molecular flexibility index (Phi) is 5.31. The van der Waals surface area contributed by atoms with E-state index in [1.165, 1.54) is 47.6 Å². The molecule has 1 N–H and O–H groups in total. The number of aliphatic hydroxyl groups excluding tert-OH is 1. The van der Waals surface area contributed by atoms with Gasteiger partial charge >= 0.3 is 0 Å². The lowest BCUT2D eigenvalue weighted by Crippen LogP contribution is -2.29. The van der Waals surface area contributed by atoms with Crippen LogP contribution in [0.4, 0.5) is 5.69 Å². The number of hydrogen-bond acceptors (Lipinski definition) is 6. The molecule has 0 aliphatic carbocycles. The van der Waals surface area contributed by atoms with Crippen molar-refractivity contribution in [3.8, 4) is 0 Å². The van der Waals surface area contributed by atoms with Crippen LogP contribution in [0.5, 0.6) is 0 Å². The lowest BCUT2D eigenvalue weighted by atomic mass is 9.95. The molecule has 31 heavy (non-hydrogen) atoms. The average Bonchev–Trinajstić information content (AvgIpc) is 3.36. The highest BCUT2D eigenvalue weighted by atomic mass is 35.5. The summed E-state index contributed by atoms with van der Waals surface area (Å²) < 4.78 is 5.32. The maximum Gasteiger partial charge on any atom is 0.296 e. The fraction of sp³-hybridized carbons (Fsp3) is 0.0909. The molecule has 1 aliphatic heterocycles. The molecule has 0 saturated carbocycles. The second kappa shape index (κ2) is 8.08. The maximum absolute atomic E-state index is 12.9. The summed E-state index contributed by atoms with van der Waals surface area (Å²) in [6.07, 6.45) is 1.44. The summed E-state index contributed by atoms with van der Waals surface area (Å²) >= 11 is 5.90. The molecule has 1 aromatic heterocycles. The Morgan fingerprint density at radius 1 is 1.10 bits per heavy atom. The van der Waals surface area contributed by atoms with E-state index < -0.39 is 22.7 Å². The summed E-state index contributed by atoms with van der Waals surface area (Å²) in [5.41, 5.74) is 0.497. The Hall–Kier alpha value is -3.91. The van der Waals surface area contributed by atoms with Crippen LogP contribution in [0.15, 0.2) is 76.9 Å². The van der Waals surface area contributed by atoms with Crippen molar-refractivity contribution in [2.24, 2.45) is 0 Å². The molecule has 4 rings (SSSR count). The van der Waals surface area contributed by atoms with Gasteiger partial charge in [0.2, 0.25) is 0 Å². The van der Waals surface area contributed by atoms with Crippen LogP contribution < -0.4 is 0 Å². The van der Waals surface area contributed by atoms with Crippen LogP contribution in [0.1, 0.15) is 22.9 Å². The van der Waals surface area contributed by atoms with Gasteiger partial charge in [-0.3, -0.25) is 19.7 Å². The largest absolute Gasteiger partial charge is 0.507 e. The Labute approximate surface area is 181 Å². The molecule has 2 aromatic carbocycles. The maximum atomic E-state index is 12.9. The quantitative estimate of drug-likeness (QED) is 0.207. The van der Waals surface area contributed by atoms with E-state index in [1.54, 1.807) is 24.3 Å². The van der Waals surface area contributed by atoms with E-state index in [0.717, 1.165) is 0 Å². The summed E-state index contributed by atoms with van der Waals surface area (Å²) in [4.78, 5) is 37.5. The minimum atomic E-state index is -0.957. The van der Waals surface area contributed by atoms with E-state index >= 15 is 0 Å². The number of ketones is 1. The predicted molar refractivity (Wildman–Crippen MR) is 111 cm³/mol. The number of furan rings is 1. The molecule has 0 unspecified atom stereocenters. The number of rotatable bonds is 5. The monoisotopic (exact) mass is 438 g/mol. The zero-order chi connectivity index (χ0) is 22.1. The van der Waals surface area contributed by atoms with Gasteiger partial charge in [-0.05, 0) is 54.1 Å². The summed E-state index contributed by atoms with van der Waals surface area (Å²) in [5, 5.41) is 22.4. The minimum Gasteiger partial charge on any atom is -0.507 e. The summed E-state index contributed by atoms with van der Waals surface area (Å²) in [5.74, 6) is -1.58. The lowest BCUT2D eigenvalue weighted by molar-refractivity contribution is -0.384. The van der Waals surface area contributed by atoms with Crippen molar-refractivity contribution in [2.45, 2.75) is 12.6 Å². The number of nitrogens with zero attached hydrogens (tertiary/aromatic N) is 2. The fourth-order valence-electron chi connectivity index (χ4n) is 3.50. The van der Waals surface area contributed by atoms with Crippen LogP contribution in [-0.4, -0.2) is 26.6 Å². The zero-order valence-electron chi connectivity index (χ0n) is 15.9. The second-order valence-corrected chi connectivity index (χ2v) is 7.30. The van der Waals surface area contributed by atoms with Crippen molar-refractivity contribution in [1.29, 1.82) is 0 Å². The molecule has 8 nitrogen and oxygen atoms in total. The minimum absolute atomic E-state index is 0.0172. The van der Waals surface area contributed by atoms with Gasteiger partial charge < -0.3 is 14.4 Å². The zero-order valence-corrected chi connectivity index (χ0v) is 16.7. The van der Waals surface area contributed by atoms with Crippen molar-refractivity contribution in [2.75, 3.05) is 0 Å². The molecule has 2 heterocycles. The van der Waals surface area contributed by atoms with E-state index in [-0.39, 0.29) is 23.6 Å². The van der Waals surface area contributed by atoms with Gasteiger partial charge in [0.15, 0.2) is 0 Å². The first kappa shape index (κ1) is 20.4. The molecule has 156 valence electrons. The Morgan fingerprint density at radius 3 is 2.35 bits per heavy atom. The van der Waals surface area contributed by atoms with Gasteiger partial charge in [-0.25, -0.2) is 0 Å². The van der Waals surface area contributed by atoms with E-state index in [0.29, 0.717) is 21.9 Å². The van der Waals surface area contributed by atoms with Crippen molar-refractivity contribution < 1.29 is 24.0 Å². The van der Waals surface area contributed by atoms with Gasteiger partial charge in [0.1, 0.15) is 11.5 Å². The van der Waals surface area contributed by atoms with Gasteiger partial charge in [-0.2, -0.15) is 0 Å². The van der Waals surface area contributed by atoms with E-state index in [9.17, 15) is 24.8 Å². The molecule has 1 saturated heterocycles. The highest BCUT2D eigenvalue weighted by Crippen LogP contribution is 2.40. The molecule has 1 fully saturated rings. The van der Waals surface area contributed by atoms with Crippen LogP contribution >= 0.6 is 11.6 Å². The Morgan fingerprint density at radius 2 is 1.77 bits per heavy atom. The smallest absolute Gasteiger partial charge is 0.296 e. The highest BCUT2D eigenvalue weighted by molar-refractivity contribution is 6.46. The molecule has 0 spiro atoms. The van der Waals surface area contributed by atoms with Gasteiger partial charge in [-0.15, -0.1) is 0 Å².